The van der Waals surface area contributed by atoms with Gasteiger partial charge >= 0.3 is 0 Å². The molecule has 1 aliphatic carbocycles. The molecule has 1 aliphatic rings. The number of amides is 3. The van der Waals surface area contributed by atoms with Crippen LogP contribution in [0.15, 0.2) is 18.2 Å². The van der Waals surface area contributed by atoms with Gasteiger partial charge in [0.05, 0.1) is 26.6 Å². The quantitative estimate of drug-likeness (QED) is 0.288. The van der Waals surface area contributed by atoms with E-state index in [9.17, 15) is 24.0 Å². The maximum atomic E-state index is 12.7. The Morgan fingerprint density at radius 3 is 2.10 bits per heavy atom. The first-order chi connectivity index (χ1) is 18.3. The summed E-state index contributed by atoms with van der Waals surface area (Å²) in [5.74, 6) is -2.09. The molecule has 11 heteroatoms. The van der Waals surface area contributed by atoms with E-state index in [2.05, 4.69) is 16.0 Å². The van der Waals surface area contributed by atoms with Gasteiger partial charge in [-0.1, -0.05) is 33.1 Å². The molecule has 4 N–H and O–H groups in total. The molecule has 0 spiro atoms. The van der Waals surface area contributed by atoms with Crippen LogP contribution in [0.2, 0.25) is 0 Å². The molecule has 0 heterocycles. The van der Waals surface area contributed by atoms with Crippen molar-refractivity contribution in [2.75, 3.05) is 20.2 Å². The molecule has 0 aliphatic heterocycles. The average Bonchev–Trinajstić information content (AvgIpc) is 2.88. The third kappa shape index (κ3) is 12.6. The summed E-state index contributed by atoms with van der Waals surface area (Å²) in [6, 6.07) is 4.01. The molecular weight excluding hydrogens is 506 g/mol. The maximum absolute atomic E-state index is 12.7. The molecule has 1 fully saturated rings. The Labute approximate surface area is 229 Å². The highest BCUT2D eigenvalue weighted by atomic mass is 16.5. The first-order valence-electron chi connectivity index (χ1n) is 13.1. The second-order valence-electron chi connectivity index (χ2n) is 9.88. The standard InChI is InChI=1S/C26H37N3O6.C2H4O2/c1-16(2)24(29-23(32)13-20-12-19(17(3)30)10-11-22(20)35-4)26(34)28-15-21(31)14-27-25(33)18-8-6-5-7-9-18;1-2(3)4/h10-12,16,18,24H,5-9,13-15H2,1-4H3,(H,27,33)(H,28,34)(H,29,32);1H3,(H,3,4). The summed E-state index contributed by atoms with van der Waals surface area (Å²) in [6.07, 6.45) is 4.81. The number of hydrogen-bond acceptors (Lipinski definition) is 7. The number of ether oxygens (including phenoxy) is 1. The molecule has 2 rings (SSSR count). The van der Waals surface area contributed by atoms with Crippen molar-refractivity contribution in [3.05, 3.63) is 29.3 Å². The minimum Gasteiger partial charge on any atom is -0.496 e. The Morgan fingerprint density at radius 1 is 0.974 bits per heavy atom. The second-order valence-corrected chi connectivity index (χ2v) is 9.88. The van der Waals surface area contributed by atoms with Gasteiger partial charge in [0.25, 0.3) is 5.97 Å². The fourth-order valence-electron chi connectivity index (χ4n) is 4.12. The lowest BCUT2D eigenvalue weighted by molar-refractivity contribution is -0.134. The van der Waals surface area contributed by atoms with Crippen molar-refractivity contribution in [3.8, 4) is 5.75 Å². The molecule has 11 nitrogen and oxygen atoms in total. The summed E-state index contributed by atoms with van der Waals surface area (Å²) in [4.78, 5) is 70.5. The minimum absolute atomic E-state index is 0.0403. The van der Waals surface area contributed by atoms with E-state index in [-0.39, 0.29) is 48.8 Å². The van der Waals surface area contributed by atoms with Gasteiger partial charge in [-0.05, 0) is 43.9 Å². The fourth-order valence-corrected chi connectivity index (χ4v) is 4.12. The van der Waals surface area contributed by atoms with Gasteiger partial charge in [0, 0.05) is 24.0 Å². The Morgan fingerprint density at radius 2 is 1.56 bits per heavy atom. The lowest BCUT2D eigenvalue weighted by Crippen LogP contribution is -2.51. The number of carbonyl (C=O) groups is 6. The van der Waals surface area contributed by atoms with Crippen LogP contribution < -0.4 is 20.7 Å². The van der Waals surface area contributed by atoms with Gasteiger partial charge in [-0.2, -0.15) is 0 Å². The van der Waals surface area contributed by atoms with Gasteiger partial charge in [-0.3, -0.25) is 28.8 Å². The van der Waals surface area contributed by atoms with Gasteiger partial charge < -0.3 is 25.8 Å². The first-order valence-corrected chi connectivity index (χ1v) is 13.1. The number of benzene rings is 1. The van der Waals surface area contributed by atoms with E-state index in [1.54, 1.807) is 32.0 Å². The SMILES string of the molecule is CC(=O)O.COc1ccc(C(C)=O)cc1CC(=O)NC(C(=O)NCC(=O)CNC(=O)C1CCCCC1)C(C)C. The highest BCUT2D eigenvalue weighted by Gasteiger charge is 2.26. The van der Waals surface area contributed by atoms with Gasteiger partial charge in [0.1, 0.15) is 11.8 Å². The number of carbonyl (C=O) groups excluding carboxylic acids is 5. The van der Waals surface area contributed by atoms with Crippen molar-refractivity contribution >= 4 is 35.3 Å². The van der Waals surface area contributed by atoms with Crippen molar-refractivity contribution in [3.63, 3.8) is 0 Å². The van der Waals surface area contributed by atoms with Crippen LogP contribution in [0.5, 0.6) is 5.75 Å². The van der Waals surface area contributed by atoms with Gasteiger partial charge in [-0.15, -0.1) is 0 Å². The molecule has 0 aromatic heterocycles. The Balaban J connectivity index is 0.00000177. The lowest BCUT2D eigenvalue weighted by Gasteiger charge is -2.22. The van der Waals surface area contributed by atoms with E-state index in [0.717, 1.165) is 39.0 Å². The van der Waals surface area contributed by atoms with Crippen LogP contribution in [0.25, 0.3) is 0 Å². The molecular formula is C28H41N3O8. The smallest absolute Gasteiger partial charge is 0.300 e. The van der Waals surface area contributed by atoms with E-state index in [4.69, 9.17) is 14.6 Å². The largest absolute Gasteiger partial charge is 0.496 e. The summed E-state index contributed by atoms with van der Waals surface area (Å²) in [5.41, 5.74) is 0.991. The van der Waals surface area contributed by atoms with Crippen molar-refractivity contribution in [1.82, 2.24) is 16.0 Å². The van der Waals surface area contributed by atoms with Crippen LogP contribution in [0, 0.1) is 11.8 Å². The number of Topliss-reactive ketones (excluding diaryl/α,β-unsaturated/α-hetero) is 2. The van der Waals surface area contributed by atoms with Gasteiger partial charge in [0.2, 0.25) is 17.7 Å². The number of carboxylic acids is 1. The molecule has 3 amide bonds. The highest BCUT2D eigenvalue weighted by Crippen LogP contribution is 2.23. The zero-order valence-corrected chi connectivity index (χ0v) is 23.4. The summed E-state index contributed by atoms with van der Waals surface area (Å²) < 4.78 is 5.29. The van der Waals surface area contributed by atoms with Crippen LogP contribution in [0.4, 0.5) is 0 Å². The number of aliphatic carboxylic acids is 1. The third-order valence-corrected chi connectivity index (χ3v) is 6.20. The molecule has 0 bridgehead atoms. The number of hydrogen-bond donors (Lipinski definition) is 4. The number of nitrogens with one attached hydrogen (secondary N) is 3. The summed E-state index contributed by atoms with van der Waals surface area (Å²) in [7, 11) is 1.48. The number of rotatable bonds is 12. The minimum atomic E-state index is -0.853. The predicted molar refractivity (Wildman–Crippen MR) is 144 cm³/mol. The van der Waals surface area contributed by atoms with E-state index in [0.29, 0.717) is 16.9 Å². The fraction of sp³-hybridized carbons (Fsp3) is 0.571. The molecule has 0 radical (unpaired) electrons. The van der Waals surface area contributed by atoms with Crippen LogP contribution in [0.3, 0.4) is 0 Å². The number of carboxylic acid groups (broad SMARTS) is 1. The Hall–Kier alpha value is -3.76. The average molecular weight is 548 g/mol. The van der Waals surface area contributed by atoms with Crippen molar-refractivity contribution < 1.29 is 38.6 Å². The monoisotopic (exact) mass is 547 g/mol. The summed E-state index contributed by atoms with van der Waals surface area (Å²) in [5, 5.41) is 15.4. The molecule has 1 aromatic rings. The van der Waals surface area contributed by atoms with Crippen molar-refractivity contribution in [2.45, 2.75) is 72.3 Å². The maximum Gasteiger partial charge on any atom is 0.300 e. The molecule has 1 saturated carbocycles. The molecule has 216 valence electrons. The van der Waals surface area contributed by atoms with Gasteiger partial charge in [-0.25, -0.2) is 0 Å². The van der Waals surface area contributed by atoms with E-state index >= 15 is 0 Å². The predicted octanol–water partition coefficient (Wildman–Crippen LogP) is 2.05. The highest BCUT2D eigenvalue weighted by molar-refractivity contribution is 5.95. The van der Waals surface area contributed by atoms with Crippen LogP contribution in [-0.4, -0.2) is 66.6 Å². The van der Waals surface area contributed by atoms with E-state index in [1.165, 1.54) is 14.0 Å². The van der Waals surface area contributed by atoms with E-state index < -0.39 is 23.8 Å². The van der Waals surface area contributed by atoms with Gasteiger partial charge in [0.15, 0.2) is 11.6 Å². The number of methoxy groups -OCH3 is 1. The molecule has 39 heavy (non-hydrogen) atoms. The lowest BCUT2D eigenvalue weighted by atomic mass is 9.89. The topological polar surface area (TPSA) is 168 Å². The van der Waals surface area contributed by atoms with E-state index in [1.807, 2.05) is 0 Å². The van der Waals surface area contributed by atoms with Crippen LogP contribution in [0.1, 0.15) is 75.7 Å². The normalized spacial score (nSPS) is 13.8. The molecule has 1 atom stereocenters. The zero-order chi connectivity index (χ0) is 29.5. The molecule has 1 unspecified atom stereocenters. The van der Waals surface area contributed by atoms with Crippen molar-refractivity contribution in [1.29, 1.82) is 0 Å². The molecule has 0 saturated heterocycles. The first kappa shape index (κ1) is 33.3. The third-order valence-electron chi connectivity index (χ3n) is 6.20. The van der Waals surface area contributed by atoms with Crippen LogP contribution >= 0.6 is 0 Å². The second kappa shape index (κ2) is 17.0. The summed E-state index contributed by atoms with van der Waals surface area (Å²) in [6.45, 7) is 5.72. The Bertz CT molecular complexity index is 1030. The zero-order valence-electron chi connectivity index (χ0n) is 23.4. The number of ketones is 2. The Kier molecular flexibility index (Phi) is 14.5. The molecule has 1 aromatic carbocycles. The van der Waals surface area contributed by atoms with Crippen LogP contribution in [-0.2, 0) is 30.4 Å². The summed E-state index contributed by atoms with van der Waals surface area (Å²) >= 11 is 0. The van der Waals surface area contributed by atoms with Crippen molar-refractivity contribution in [2.24, 2.45) is 11.8 Å².